The van der Waals surface area contributed by atoms with Gasteiger partial charge in [0.1, 0.15) is 0 Å². The average Bonchev–Trinajstić information content (AvgIpc) is 2.27. The molecule has 0 aromatic heterocycles. The quantitative estimate of drug-likeness (QED) is 0.818. The number of hydrogen-bond acceptors (Lipinski definition) is 5. The van der Waals surface area contributed by atoms with Crippen molar-refractivity contribution in [3.63, 3.8) is 0 Å². The highest BCUT2D eigenvalue weighted by Crippen LogP contribution is 2.17. The Bertz CT molecular complexity index is 580. The molecule has 0 aliphatic rings. The molecule has 1 atom stereocenters. The molecular weight excluding hydrogens is 290 g/mol. The lowest BCUT2D eigenvalue weighted by Gasteiger charge is -2.10. The molecule has 104 valence electrons. The van der Waals surface area contributed by atoms with Gasteiger partial charge in [-0.05, 0) is 31.2 Å². The number of carbonyl (C=O) groups is 2. The predicted molar refractivity (Wildman–Crippen MR) is 72.6 cm³/mol. The number of thioether (sulfide) groups is 1. The average molecular weight is 303 g/mol. The maximum absolute atomic E-state index is 11.7. The third-order valence-corrected chi connectivity index (χ3v) is 3.90. The van der Waals surface area contributed by atoms with Crippen LogP contribution in [0.5, 0.6) is 0 Å². The number of carbonyl (C=O) groups excluding carboxylic acids is 2. The minimum atomic E-state index is -4.24. The second-order valence-corrected chi connectivity index (χ2v) is 6.68. The van der Waals surface area contributed by atoms with Gasteiger partial charge in [0.15, 0.2) is 5.12 Å². The first-order chi connectivity index (χ1) is 8.70. The first-order valence-corrected chi connectivity index (χ1v) is 7.58. The summed E-state index contributed by atoms with van der Waals surface area (Å²) in [5.41, 5.74) is 0.383. The Balaban J connectivity index is 2.73. The van der Waals surface area contributed by atoms with Crippen molar-refractivity contribution in [1.82, 2.24) is 0 Å². The van der Waals surface area contributed by atoms with E-state index in [1.807, 2.05) is 0 Å². The maximum Gasteiger partial charge on any atom is 0.294 e. The predicted octanol–water partition coefficient (Wildman–Crippen LogP) is 1.54. The molecule has 0 radical (unpaired) electrons. The molecule has 1 aromatic carbocycles. The van der Waals surface area contributed by atoms with Crippen LogP contribution in [-0.2, 0) is 19.7 Å². The van der Waals surface area contributed by atoms with E-state index in [1.165, 1.54) is 31.2 Å². The summed E-state index contributed by atoms with van der Waals surface area (Å²) in [5, 5.41) is 1.83. The Morgan fingerprint density at radius 2 is 1.79 bits per heavy atom. The molecular formula is C11H13NO5S2. The summed E-state index contributed by atoms with van der Waals surface area (Å²) in [4.78, 5) is 22.3. The first kappa shape index (κ1) is 15.7. The monoisotopic (exact) mass is 303 g/mol. The molecule has 19 heavy (non-hydrogen) atoms. The lowest BCUT2D eigenvalue weighted by Crippen LogP contribution is -2.23. The molecule has 1 amide bonds. The number of anilines is 1. The van der Waals surface area contributed by atoms with Gasteiger partial charge in [0.05, 0.1) is 10.1 Å². The van der Waals surface area contributed by atoms with E-state index in [0.29, 0.717) is 5.69 Å². The van der Waals surface area contributed by atoms with E-state index in [0.717, 1.165) is 11.8 Å². The van der Waals surface area contributed by atoms with Gasteiger partial charge in [-0.2, -0.15) is 8.42 Å². The molecule has 2 N–H and O–H groups in total. The van der Waals surface area contributed by atoms with Crippen LogP contribution in [0.3, 0.4) is 0 Å². The number of nitrogens with one attached hydrogen (secondary N) is 1. The van der Waals surface area contributed by atoms with Gasteiger partial charge in [-0.15, -0.1) is 0 Å². The normalized spacial score (nSPS) is 12.8. The topological polar surface area (TPSA) is 101 Å². The van der Waals surface area contributed by atoms with Crippen molar-refractivity contribution >= 4 is 38.6 Å². The van der Waals surface area contributed by atoms with Crippen molar-refractivity contribution in [2.75, 3.05) is 5.32 Å². The molecule has 0 fully saturated rings. The SMILES string of the molecule is CC(=O)SC(C)C(=O)Nc1ccc(S(=O)(=O)O)cc1. The minimum Gasteiger partial charge on any atom is -0.325 e. The van der Waals surface area contributed by atoms with E-state index < -0.39 is 15.4 Å². The van der Waals surface area contributed by atoms with Gasteiger partial charge in [-0.3, -0.25) is 14.1 Å². The molecule has 0 saturated carbocycles. The van der Waals surface area contributed by atoms with Crippen LogP contribution in [-0.4, -0.2) is 29.2 Å². The Kier molecular flexibility index (Phi) is 5.10. The minimum absolute atomic E-state index is 0.163. The maximum atomic E-state index is 11.7. The van der Waals surface area contributed by atoms with Crippen LogP contribution in [0.15, 0.2) is 29.2 Å². The molecule has 1 aromatic rings. The van der Waals surface area contributed by atoms with Gasteiger partial charge < -0.3 is 5.32 Å². The van der Waals surface area contributed by atoms with Crippen LogP contribution in [0.2, 0.25) is 0 Å². The van der Waals surface area contributed by atoms with E-state index in [2.05, 4.69) is 5.32 Å². The largest absolute Gasteiger partial charge is 0.325 e. The number of rotatable bonds is 4. The summed E-state index contributed by atoms with van der Waals surface area (Å²) in [6.07, 6.45) is 0. The van der Waals surface area contributed by atoms with Crippen molar-refractivity contribution in [2.45, 2.75) is 24.0 Å². The van der Waals surface area contributed by atoms with Crippen molar-refractivity contribution in [1.29, 1.82) is 0 Å². The van der Waals surface area contributed by atoms with Crippen LogP contribution < -0.4 is 5.32 Å². The van der Waals surface area contributed by atoms with Crippen molar-refractivity contribution in [2.24, 2.45) is 0 Å². The van der Waals surface area contributed by atoms with Crippen molar-refractivity contribution in [3.8, 4) is 0 Å². The van der Waals surface area contributed by atoms with Gasteiger partial charge in [0.2, 0.25) is 5.91 Å². The molecule has 0 aliphatic carbocycles. The Morgan fingerprint density at radius 3 is 2.21 bits per heavy atom. The number of amides is 1. The molecule has 0 spiro atoms. The highest BCUT2D eigenvalue weighted by molar-refractivity contribution is 8.14. The Morgan fingerprint density at radius 1 is 1.26 bits per heavy atom. The summed E-state index contributed by atoms with van der Waals surface area (Å²) in [5.74, 6) is -0.361. The molecule has 0 saturated heterocycles. The standard InChI is InChI=1S/C11H13NO5S2/c1-7(18-8(2)13)11(14)12-9-3-5-10(6-4-9)19(15,16)17/h3-7H,1-2H3,(H,12,14)(H,15,16,17). The van der Waals surface area contributed by atoms with Crippen LogP contribution in [0.1, 0.15) is 13.8 Å². The first-order valence-electron chi connectivity index (χ1n) is 5.26. The summed E-state index contributed by atoms with van der Waals surface area (Å²) < 4.78 is 30.4. The molecule has 0 aliphatic heterocycles. The fourth-order valence-electron chi connectivity index (χ4n) is 1.26. The lowest BCUT2D eigenvalue weighted by molar-refractivity contribution is -0.116. The number of benzene rings is 1. The smallest absolute Gasteiger partial charge is 0.294 e. The lowest BCUT2D eigenvalue weighted by atomic mass is 10.3. The van der Waals surface area contributed by atoms with Gasteiger partial charge in [0, 0.05) is 12.6 Å². The molecule has 6 nitrogen and oxygen atoms in total. The van der Waals surface area contributed by atoms with E-state index in [-0.39, 0.29) is 15.9 Å². The second kappa shape index (κ2) is 6.18. The van der Waals surface area contributed by atoms with E-state index in [1.54, 1.807) is 6.92 Å². The summed E-state index contributed by atoms with van der Waals surface area (Å²) in [7, 11) is -4.24. The van der Waals surface area contributed by atoms with Crippen LogP contribution in [0, 0.1) is 0 Å². The van der Waals surface area contributed by atoms with E-state index in [4.69, 9.17) is 4.55 Å². The molecule has 0 bridgehead atoms. The van der Waals surface area contributed by atoms with Gasteiger partial charge in [-0.25, -0.2) is 0 Å². The fraction of sp³-hybridized carbons (Fsp3) is 0.273. The van der Waals surface area contributed by atoms with Crippen molar-refractivity contribution in [3.05, 3.63) is 24.3 Å². The van der Waals surface area contributed by atoms with Gasteiger partial charge in [-0.1, -0.05) is 11.8 Å². The fourth-order valence-corrected chi connectivity index (χ4v) is 2.40. The molecule has 8 heteroatoms. The van der Waals surface area contributed by atoms with E-state index in [9.17, 15) is 18.0 Å². The summed E-state index contributed by atoms with van der Waals surface area (Å²) in [6.45, 7) is 2.96. The van der Waals surface area contributed by atoms with Crippen LogP contribution in [0.25, 0.3) is 0 Å². The number of hydrogen-bond donors (Lipinski definition) is 2. The molecule has 1 rings (SSSR count). The summed E-state index contributed by atoms with van der Waals surface area (Å²) >= 11 is 0.902. The third-order valence-electron chi connectivity index (χ3n) is 2.13. The Labute approximate surface area is 115 Å². The van der Waals surface area contributed by atoms with Gasteiger partial charge in [0.25, 0.3) is 10.1 Å². The zero-order chi connectivity index (χ0) is 14.6. The summed E-state index contributed by atoms with van der Waals surface area (Å²) in [6, 6.07) is 5.06. The van der Waals surface area contributed by atoms with E-state index >= 15 is 0 Å². The highest BCUT2D eigenvalue weighted by Gasteiger charge is 2.16. The third kappa shape index (κ3) is 5.01. The van der Waals surface area contributed by atoms with Crippen LogP contribution in [0.4, 0.5) is 5.69 Å². The zero-order valence-corrected chi connectivity index (χ0v) is 11.9. The molecule has 1 unspecified atom stereocenters. The second-order valence-electron chi connectivity index (χ2n) is 3.74. The van der Waals surface area contributed by atoms with Crippen LogP contribution >= 0.6 is 11.8 Å². The highest BCUT2D eigenvalue weighted by atomic mass is 32.2. The Hall–Kier alpha value is -1.38. The van der Waals surface area contributed by atoms with Crippen molar-refractivity contribution < 1.29 is 22.6 Å². The zero-order valence-electron chi connectivity index (χ0n) is 10.3. The van der Waals surface area contributed by atoms with Gasteiger partial charge >= 0.3 is 0 Å². The molecule has 0 heterocycles.